The van der Waals surface area contributed by atoms with E-state index in [-0.39, 0.29) is 48.2 Å². The molecule has 130 valence electrons. The summed E-state index contributed by atoms with van der Waals surface area (Å²) in [6.07, 6.45) is 1.54. The fourth-order valence-corrected chi connectivity index (χ4v) is 2.08. The van der Waals surface area contributed by atoms with Crippen molar-refractivity contribution >= 4 is 29.9 Å². The largest absolute Gasteiger partial charge is 0.351 e. The molecule has 7 heteroatoms. The normalized spacial score (nSPS) is 12.3. The van der Waals surface area contributed by atoms with Crippen LogP contribution < -0.4 is 10.6 Å². The van der Waals surface area contributed by atoms with Gasteiger partial charge >= 0.3 is 0 Å². The minimum Gasteiger partial charge on any atom is -0.351 e. The maximum Gasteiger partial charge on any atom is 0.191 e. The number of hydrogen-bond acceptors (Lipinski definition) is 2. The molecule has 1 aromatic heterocycles. The second kappa shape index (κ2) is 9.51. The standard InChI is InChI=1S/C17H20F2N4.HI/c1-11-6-7-13(9-15(11)19)12(2)23-17(20-3)22-10-16-14(18)5-4-8-21-16;/h4-9,12H,10H2,1-3H3,(H2,20,22,23);1H. The molecule has 1 atom stereocenters. The second-order valence-corrected chi connectivity index (χ2v) is 5.23. The molecule has 1 heterocycles. The molecule has 1 unspecified atom stereocenters. The third kappa shape index (κ3) is 5.40. The van der Waals surface area contributed by atoms with Crippen LogP contribution in [0.15, 0.2) is 41.5 Å². The number of benzene rings is 1. The van der Waals surface area contributed by atoms with E-state index in [9.17, 15) is 8.78 Å². The topological polar surface area (TPSA) is 49.3 Å². The maximum absolute atomic E-state index is 13.6. The summed E-state index contributed by atoms with van der Waals surface area (Å²) in [4.78, 5) is 8.06. The van der Waals surface area contributed by atoms with Gasteiger partial charge in [-0.25, -0.2) is 8.78 Å². The van der Waals surface area contributed by atoms with Crippen LogP contribution in [0.2, 0.25) is 0 Å². The van der Waals surface area contributed by atoms with Crippen molar-refractivity contribution in [2.24, 2.45) is 4.99 Å². The predicted octanol–water partition coefficient (Wildman–Crippen LogP) is 3.71. The number of hydrogen-bond donors (Lipinski definition) is 2. The molecule has 0 saturated heterocycles. The molecule has 2 aromatic rings. The number of aliphatic imine (C=N–C) groups is 1. The van der Waals surface area contributed by atoms with Crippen LogP contribution in [0.4, 0.5) is 8.78 Å². The molecular formula is C17H21F2IN4. The molecule has 0 spiro atoms. The molecule has 0 saturated carbocycles. The van der Waals surface area contributed by atoms with Crippen molar-refractivity contribution in [1.29, 1.82) is 0 Å². The number of nitrogens with one attached hydrogen (secondary N) is 2. The number of aryl methyl sites for hydroxylation is 1. The van der Waals surface area contributed by atoms with E-state index < -0.39 is 0 Å². The van der Waals surface area contributed by atoms with E-state index in [0.29, 0.717) is 17.2 Å². The van der Waals surface area contributed by atoms with Gasteiger partial charge in [0.15, 0.2) is 5.96 Å². The van der Waals surface area contributed by atoms with Crippen molar-refractivity contribution < 1.29 is 8.78 Å². The summed E-state index contributed by atoms with van der Waals surface area (Å²) in [5.74, 6) is -0.123. The average molecular weight is 446 g/mol. The first-order valence-corrected chi connectivity index (χ1v) is 7.34. The van der Waals surface area contributed by atoms with Crippen LogP contribution in [-0.4, -0.2) is 18.0 Å². The number of pyridine rings is 1. The quantitative estimate of drug-likeness (QED) is 0.428. The van der Waals surface area contributed by atoms with Crippen LogP contribution in [0.1, 0.15) is 29.8 Å². The number of rotatable bonds is 4. The van der Waals surface area contributed by atoms with E-state index in [2.05, 4.69) is 20.6 Å². The smallest absolute Gasteiger partial charge is 0.191 e. The molecule has 2 N–H and O–H groups in total. The van der Waals surface area contributed by atoms with Gasteiger partial charge in [-0.05, 0) is 43.2 Å². The van der Waals surface area contributed by atoms with E-state index in [4.69, 9.17) is 0 Å². The zero-order chi connectivity index (χ0) is 16.8. The molecule has 24 heavy (non-hydrogen) atoms. The summed E-state index contributed by atoms with van der Waals surface area (Å²) < 4.78 is 27.2. The first kappa shape index (κ1) is 20.3. The van der Waals surface area contributed by atoms with Gasteiger partial charge in [0, 0.05) is 13.2 Å². The van der Waals surface area contributed by atoms with Crippen molar-refractivity contribution in [1.82, 2.24) is 15.6 Å². The summed E-state index contributed by atoms with van der Waals surface area (Å²) >= 11 is 0. The summed E-state index contributed by atoms with van der Waals surface area (Å²) in [6.45, 7) is 3.83. The number of halogens is 3. The molecule has 0 bridgehead atoms. The van der Waals surface area contributed by atoms with Crippen molar-refractivity contribution in [3.05, 3.63) is 65.0 Å². The molecule has 0 amide bonds. The van der Waals surface area contributed by atoms with Crippen LogP contribution in [0, 0.1) is 18.6 Å². The van der Waals surface area contributed by atoms with E-state index in [1.54, 1.807) is 26.1 Å². The lowest BCUT2D eigenvalue weighted by atomic mass is 10.1. The molecule has 1 aromatic carbocycles. The molecule has 4 nitrogen and oxygen atoms in total. The van der Waals surface area contributed by atoms with Crippen molar-refractivity contribution in [3.8, 4) is 0 Å². The molecule has 0 aliphatic heterocycles. The van der Waals surface area contributed by atoms with Gasteiger partial charge in [-0.3, -0.25) is 9.98 Å². The van der Waals surface area contributed by atoms with Crippen LogP contribution >= 0.6 is 24.0 Å². The minimum absolute atomic E-state index is 0. The van der Waals surface area contributed by atoms with E-state index >= 15 is 0 Å². The lowest BCUT2D eigenvalue weighted by molar-refractivity contribution is 0.589. The van der Waals surface area contributed by atoms with Gasteiger partial charge in [0.25, 0.3) is 0 Å². The minimum atomic E-state index is -0.371. The molecule has 2 rings (SSSR count). The number of nitrogens with zero attached hydrogens (tertiary/aromatic N) is 2. The molecule has 0 radical (unpaired) electrons. The van der Waals surface area contributed by atoms with Crippen LogP contribution in [0.3, 0.4) is 0 Å². The SMILES string of the molecule is CN=C(NCc1ncccc1F)NC(C)c1ccc(C)c(F)c1.I. The third-order valence-electron chi connectivity index (χ3n) is 3.53. The first-order chi connectivity index (χ1) is 11.0. The maximum atomic E-state index is 13.6. The summed E-state index contributed by atoms with van der Waals surface area (Å²) in [7, 11) is 1.62. The Morgan fingerprint density at radius 2 is 2.00 bits per heavy atom. The van der Waals surface area contributed by atoms with Crippen molar-refractivity contribution in [3.63, 3.8) is 0 Å². The molecule has 0 aliphatic rings. The number of aromatic nitrogens is 1. The highest BCUT2D eigenvalue weighted by atomic mass is 127. The summed E-state index contributed by atoms with van der Waals surface area (Å²) in [5.41, 5.74) is 1.72. The van der Waals surface area contributed by atoms with Crippen LogP contribution in [-0.2, 0) is 6.54 Å². The molecule has 0 fully saturated rings. The van der Waals surface area contributed by atoms with Gasteiger partial charge in [0.05, 0.1) is 18.3 Å². The van der Waals surface area contributed by atoms with Crippen molar-refractivity contribution in [2.75, 3.05) is 7.05 Å². The predicted molar refractivity (Wildman–Crippen MR) is 102 cm³/mol. The Morgan fingerprint density at radius 3 is 2.62 bits per heavy atom. The third-order valence-corrected chi connectivity index (χ3v) is 3.53. The highest BCUT2D eigenvalue weighted by Gasteiger charge is 2.10. The average Bonchev–Trinajstić information content (AvgIpc) is 2.55. The Labute approximate surface area is 157 Å². The highest BCUT2D eigenvalue weighted by molar-refractivity contribution is 14.0. The summed E-state index contributed by atoms with van der Waals surface area (Å²) in [6, 6.07) is 7.85. The lowest BCUT2D eigenvalue weighted by Gasteiger charge is -2.18. The highest BCUT2D eigenvalue weighted by Crippen LogP contribution is 2.16. The zero-order valence-electron chi connectivity index (χ0n) is 13.8. The lowest BCUT2D eigenvalue weighted by Crippen LogP contribution is -2.38. The van der Waals surface area contributed by atoms with Gasteiger partial charge in [-0.2, -0.15) is 0 Å². The van der Waals surface area contributed by atoms with E-state index in [1.165, 1.54) is 18.3 Å². The first-order valence-electron chi connectivity index (χ1n) is 7.34. The van der Waals surface area contributed by atoms with Gasteiger partial charge in [-0.1, -0.05) is 12.1 Å². The summed E-state index contributed by atoms with van der Waals surface area (Å²) in [5, 5.41) is 6.14. The van der Waals surface area contributed by atoms with Gasteiger partial charge < -0.3 is 10.6 Å². The zero-order valence-corrected chi connectivity index (χ0v) is 16.1. The van der Waals surface area contributed by atoms with Crippen LogP contribution in [0.25, 0.3) is 0 Å². The number of guanidine groups is 1. The second-order valence-electron chi connectivity index (χ2n) is 5.23. The Hall–Kier alpha value is -1.77. The molecule has 0 aliphatic carbocycles. The Balaban J connectivity index is 0.00000288. The fraction of sp³-hybridized carbons (Fsp3) is 0.294. The van der Waals surface area contributed by atoms with Gasteiger partial charge in [0.2, 0.25) is 0 Å². The Kier molecular flexibility index (Phi) is 8.03. The van der Waals surface area contributed by atoms with Gasteiger partial charge in [0.1, 0.15) is 11.6 Å². The Bertz CT molecular complexity index is 707. The molecular weight excluding hydrogens is 425 g/mol. The monoisotopic (exact) mass is 446 g/mol. The fourth-order valence-electron chi connectivity index (χ4n) is 2.08. The Morgan fingerprint density at radius 1 is 1.25 bits per heavy atom. The van der Waals surface area contributed by atoms with Crippen molar-refractivity contribution in [2.45, 2.75) is 26.4 Å². The van der Waals surface area contributed by atoms with E-state index in [1.807, 2.05) is 13.0 Å². The van der Waals surface area contributed by atoms with Crippen LogP contribution in [0.5, 0.6) is 0 Å². The van der Waals surface area contributed by atoms with E-state index in [0.717, 1.165) is 5.56 Å². The van der Waals surface area contributed by atoms with Gasteiger partial charge in [-0.15, -0.1) is 24.0 Å².